The van der Waals surface area contributed by atoms with Gasteiger partial charge in [-0.15, -0.1) is 0 Å². The highest BCUT2D eigenvalue weighted by Gasteiger charge is 2.16. The summed E-state index contributed by atoms with van der Waals surface area (Å²) < 4.78 is 45.3. The average Bonchev–Trinajstić information content (AvgIpc) is 2.58. The van der Waals surface area contributed by atoms with Gasteiger partial charge in [0.1, 0.15) is 5.82 Å². The molecule has 0 spiro atoms. The lowest BCUT2D eigenvalue weighted by Gasteiger charge is -2.11. The summed E-state index contributed by atoms with van der Waals surface area (Å²) in [6.07, 6.45) is 0. The number of hydrogen-bond acceptors (Lipinski definition) is 7. The Bertz CT molecular complexity index is 861. The monoisotopic (exact) mass is 383 g/mol. The minimum Gasteiger partial charge on any atom is -0.494 e. The van der Waals surface area contributed by atoms with Crippen LogP contribution in [0.1, 0.15) is 12.6 Å². The van der Waals surface area contributed by atoms with Crippen LogP contribution in [0.3, 0.4) is 0 Å². The molecule has 0 saturated heterocycles. The predicted molar refractivity (Wildman–Crippen MR) is 97.6 cm³/mol. The second kappa shape index (κ2) is 8.77. The zero-order valence-electron chi connectivity index (χ0n) is 14.8. The van der Waals surface area contributed by atoms with Crippen LogP contribution < -0.4 is 20.1 Å². The average molecular weight is 383 g/mol. The van der Waals surface area contributed by atoms with Crippen molar-refractivity contribution in [1.82, 2.24) is 14.7 Å². The van der Waals surface area contributed by atoms with Crippen molar-refractivity contribution in [1.29, 1.82) is 0 Å². The lowest BCUT2D eigenvalue weighted by molar-refractivity contribution is 0.385. The number of ether oxygens (including phenoxy) is 1. The number of sulfonamides is 1. The summed E-state index contributed by atoms with van der Waals surface area (Å²) >= 11 is 0. The number of methoxy groups -OCH3 is 1. The van der Waals surface area contributed by atoms with E-state index in [2.05, 4.69) is 25.3 Å². The van der Waals surface area contributed by atoms with E-state index in [1.165, 1.54) is 19.2 Å². The van der Waals surface area contributed by atoms with Gasteiger partial charge in [0.15, 0.2) is 11.6 Å². The third-order valence-electron chi connectivity index (χ3n) is 3.35. The fourth-order valence-corrected chi connectivity index (χ4v) is 3.21. The van der Waals surface area contributed by atoms with E-state index in [9.17, 15) is 12.8 Å². The minimum atomic E-state index is -3.82. The molecule has 1 aromatic carbocycles. The lowest BCUT2D eigenvalue weighted by atomic mass is 10.3. The van der Waals surface area contributed by atoms with Crippen molar-refractivity contribution >= 4 is 21.8 Å². The lowest BCUT2D eigenvalue weighted by Crippen LogP contribution is -2.29. The summed E-state index contributed by atoms with van der Waals surface area (Å²) in [6.45, 7) is 4.89. The van der Waals surface area contributed by atoms with Gasteiger partial charge in [0, 0.05) is 31.4 Å². The van der Waals surface area contributed by atoms with Gasteiger partial charge >= 0.3 is 0 Å². The third kappa shape index (κ3) is 5.27. The first kappa shape index (κ1) is 19.9. The van der Waals surface area contributed by atoms with Gasteiger partial charge in [-0.3, -0.25) is 0 Å². The van der Waals surface area contributed by atoms with E-state index in [0.29, 0.717) is 24.9 Å². The Hall–Kier alpha value is -2.46. The Morgan fingerprint density at radius 3 is 2.58 bits per heavy atom. The fraction of sp³-hybridized carbons (Fsp3) is 0.375. The fourth-order valence-electron chi connectivity index (χ4n) is 2.17. The van der Waals surface area contributed by atoms with E-state index in [1.54, 1.807) is 6.07 Å². The molecule has 1 aromatic heterocycles. The summed E-state index contributed by atoms with van der Waals surface area (Å²) in [5.74, 6) is 0.342. The summed E-state index contributed by atoms with van der Waals surface area (Å²) in [7, 11) is -2.51. The number of anilines is 2. The van der Waals surface area contributed by atoms with Crippen molar-refractivity contribution in [3.05, 3.63) is 35.8 Å². The molecule has 10 heteroatoms. The number of aromatic nitrogens is 2. The number of rotatable bonds is 9. The summed E-state index contributed by atoms with van der Waals surface area (Å²) in [5, 5.41) is 6.05. The maximum absolute atomic E-state index is 13.7. The number of benzene rings is 1. The smallest absolute Gasteiger partial charge is 0.240 e. The highest BCUT2D eigenvalue weighted by Crippen LogP contribution is 2.20. The van der Waals surface area contributed by atoms with Gasteiger partial charge in [0.25, 0.3) is 0 Å². The number of halogens is 1. The van der Waals surface area contributed by atoms with Crippen molar-refractivity contribution < 1.29 is 17.5 Å². The van der Waals surface area contributed by atoms with Crippen LogP contribution in [-0.4, -0.2) is 45.1 Å². The first-order valence-corrected chi connectivity index (χ1v) is 9.50. The van der Waals surface area contributed by atoms with Gasteiger partial charge < -0.3 is 15.4 Å². The van der Waals surface area contributed by atoms with Crippen molar-refractivity contribution in [2.45, 2.75) is 18.7 Å². The Labute approximate surface area is 152 Å². The zero-order valence-corrected chi connectivity index (χ0v) is 15.7. The van der Waals surface area contributed by atoms with Crippen LogP contribution in [0.15, 0.2) is 29.2 Å². The highest BCUT2D eigenvalue weighted by molar-refractivity contribution is 7.89. The standard InChI is InChI=1S/C16H22FN5O3S/c1-4-18-16-21-11(2)9-15(22-16)19-7-8-20-26(23,24)12-5-6-14(25-3)13(17)10-12/h5-6,9-10,20H,4,7-8H2,1-3H3,(H2,18,19,21,22). The summed E-state index contributed by atoms with van der Waals surface area (Å²) in [5.41, 5.74) is 0.785. The van der Waals surface area contributed by atoms with E-state index in [4.69, 9.17) is 4.74 Å². The van der Waals surface area contributed by atoms with E-state index in [0.717, 1.165) is 11.8 Å². The number of nitrogens with one attached hydrogen (secondary N) is 3. The van der Waals surface area contributed by atoms with Gasteiger partial charge in [-0.25, -0.2) is 22.5 Å². The molecule has 8 nitrogen and oxygen atoms in total. The molecule has 142 valence electrons. The molecule has 2 rings (SSSR count). The molecule has 0 saturated carbocycles. The second-order valence-corrected chi connectivity index (χ2v) is 7.14. The van der Waals surface area contributed by atoms with Crippen LogP contribution in [0.25, 0.3) is 0 Å². The molecule has 0 aliphatic rings. The number of nitrogens with zero attached hydrogens (tertiary/aromatic N) is 2. The van der Waals surface area contributed by atoms with Crippen LogP contribution in [0.2, 0.25) is 0 Å². The zero-order chi connectivity index (χ0) is 19.2. The van der Waals surface area contributed by atoms with Crippen LogP contribution in [0.5, 0.6) is 5.75 Å². The van der Waals surface area contributed by atoms with Crippen molar-refractivity contribution in [3.8, 4) is 5.75 Å². The van der Waals surface area contributed by atoms with E-state index >= 15 is 0 Å². The molecule has 3 N–H and O–H groups in total. The largest absolute Gasteiger partial charge is 0.494 e. The van der Waals surface area contributed by atoms with Crippen molar-refractivity contribution in [3.63, 3.8) is 0 Å². The Morgan fingerprint density at radius 1 is 1.15 bits per heavy atom. The molecule has 0 bridgehead atoms. The highest BCUT2D eigenvalue weighted by atomic mass is 32.2. The number of aryl methyl sites for hydroxylation is 1. The summed E-state index contributed by atoms with van der Waals surface area (Å²) in [6, 6.07) is 5.24. The predicted octanol–water partition coefficient (Wildman–Crippen LogP) is 1.75. The maximum atomic E-state index is 13.7. The van der Waals surface area contributed by atoms with Gasteiger partial charge in [-0.1, -0.05) is 0 Å². The van der Waals surface area contributed by atoms with Crippen LogP contribution in [-0.2, 0) is 10.0 Å². The third-order valence-corrected chi connectivity index (χ3v) is 4.80. The van der Waals surface area contributed by atoms with Gasteiger partial charge in [0.2, 0.25) is 16.0 Å². The van der Waals surface area contributed by atoms with Crippen LogP contribution >= 0.6 is 0 Å². The number of hydrogen-bond donors (Lipinski definition) is 3. The molecule has 0 aliphatic carbocycles. The van der Waals surface area contributed by atoms with E-state index in [1.807, 2.05) is 13.8 Å². The molecule has 0 atom stereocenters. The molecular formula is C16H22FN5O3S. The molecule has 0 unspecified atom stereocenters. The SMILES string of the molecule is CCNc1nc(C)cc(NCCNS(=O)(=O)c2ccc(OC)c(F)c2)n1. The van der Waals surface area contributed by atoms with Crippen LogP contribution in [0, 0.1) is 12.7 Å². The van der Waals surface area contributed by atoms with Crippen molar-refractivity contribution in [2.24, 2.45) is 0 Å². The Kier molecular flexibility index (Phi) is 6.70. The Balaban J connectivity index is 1.94. The van der Waals surface area contributed by atoms with E-state index < -0.39 is 15.8 Å². The summed E-state index contributed by atoms with van der Waals surface area (Å²) in [4.78, 5) is 8.34. The second-order valence-electron chi connectivity index (χ2n) is 5.37. The first-order chi connectivity index (χ1) is 12.4. The maximum Gasteiger partial charge on any atom is 0.240 e. The molecule has 2 aromatic rings. The van der Waals surface area contributed by atoms with Crippen molar-refractivity contribution in [2.75, 3.05) is 37.4 Å². The normalized spacial score (nSPS) is 11.2. The molecule has 0 aliphatic heterocycles. The van der Waals surface area contributed by atoms with Gasteiger partial charge in [-0.2, -0.15) is 4.98 Å². The first-order valence-electron chi connectivity index (χ1n) is 8.02. The molecule has 0 amide bonds. The van der Waals surface area contributed by atoms with E-state index in [-0.39, 0.29) is 17.2 Å². The topological polar surface area (TPSA) is 105 Å². The molecular weight excluding hydrogens is 361 g/mol. The quantitative estimate of drug-likeness (QED) is 0.567. The minimum absolute atomic E-state index is 0.0127. The molecule has 0 radical (unpaired) electrons. The molecule has 1 heterocycles. The Morgan fingerprint density at radius 2 is 1.92 bits per heavy atom. The van der Waals surface area contributed by atoms with Gasteiger partial charge in [0.05, 0.1) is 12.0 Å². The molecule has 0 fully saturated rings. The van der Waals surface area contributed by atoms with Crippen LogP contribution in [0.4, 0.5) is 16.2 Å². The molecule has 26 heavy (non-hydrogen) atoms. The van der Waals surface area contributed by atoms with Gasteiger partial charge in [-0.05, 0) is 32.0 Å².